The molecule has 0 spiro atoms. The van der Waals surface area contributed by atoms with Crippen LogP contribution in [-0.2, 0) is 6.42 Å². The average molecular weight is 443 g/mol. The van der Waals surface area contributed by atoms with E-state index in [1.807, 2.05) is 18.2 Å². The van der Waals surface area contributed by atoms with E-state index in [2.05, 4.69) is 13.8 Å². The maximum atomic E-state index is 15.4. The van der Waals surface area contributed by atoms with Gasteiger partial charge in [0, 0.05) is 6.42 Å². The molecule has 0 N–H and O–H groups in total. The first-order valence-corrected chi connectivity index (χ1v) is 13.4. The fraction of sp³-hybridized carbons (Fsp3) is 0.690. The minimum Gasteiger partial charge on any atom is -0.427 e. The number of fused-ring (bicyclic) bond motifs is 1. The molecule has 0 atom stereocenters. The molecule has 0 amide bonds. The molecule has 0 unspecified atom stereocenters. The highest BCUT2D eigenvalue weighted by Crippen LogP contribution is 2.39. The molecular weight excluding hydrogens is 399 g/mol. The molecule has 0 aliphatic heterocycles. The Balaban J connectivity index is 1.59. The fourth-order valence-corrected chi connectivity index (χ4v) is 5.45. The molecule has 1 aromatic carbocycles. The van der Waals surface area contributed by atoms with Gasteiger partial charge < -0.3 is 4.42 Å². The van der Waals surface area contributed by atoms with Crippen LogP contribution in [0, 0.1) is 11.7 Å². The summed E-state index contributed by atoms with van der Waals surface area (Å²) in [4.78, 5) is 12.6. The molecule has 32 heavy (non-hydrogen) atoms. The van der Waals surface area contributed by atoms with Gasteiger partial charge in [0.05, 0.1) is 0 Å². The third-order valence-electron chi connectivity index (χ3n) is 7.48. The van der Waals surface area contributed by atoms with E-state index in [9.17, 15) is 4.79 Å². The lowest BCUT2D eigenvalue weighted by Gasteiger charge is -2.29. The second-order valence-corrected chi connectivity index (χ2v) is 10.0. The highest BCUT2D eigenvalue weighted by atomic mass is 19.1. The van der Waals surface area contributed by atoms with E-state index >= 15 is 4.39 Å². The standard InChI is InChI=1S/C29H43FO2/c1-3-5-7-9-11-13-22-15-17-23(18-16-22)26-20-19-24-21-25(14-12-10-8-6-4-2)32-29(31)27(24)28(26)30/h19-23H,3-18H2,1-2H3. The summed E-state index contributed by atoms with van der Waals surface area (Å²) >= 11 is 0. The van der Waals surface area contributed by atoms with Gasteiger partial charge in [-0.2, -0.15) is 0 Å². The summed E-state index contributed by atoms with van der Waals surface area (Å²) in [6, 6.07) is 5.74. The highest BCUT2D eigenvalue weighted by molar-refractivity contribution is 5.83. The lowest BCUT2D eigenvalue weighted by molar-refractivity contribution is 0.298. The van der Waals surface area contributed by atoms with E-state index in [0.717, 1.165) is 43.6 Å². The summed E-state index contributed by atoms with van der Waals surface area (Å²) in [5, 5.41) is 0.835. The van der Waals surface area contributed by atoms with Crippen LogP contribution >= 0.6 is 0 Å². The maximum absolute atomic E-state index is 15.4. The molecule has 1 aliphatic rings. The molecule has 1 saturated carbocycles. The number of hydrogen-bond acceptors (Lipinski definition) is 2. The van der Waals surface area contributed by atoms with Gasteiger partial charge in [-0.3, -0.25) is 0 Å². The van der Waals surface area contributed by atoms with Crippen molar-refractivity contribution in [2.24, 2.45) is 5.92 Å². The highest BCUT2D eigenvalue weighted by Gasteiger charge is 2.25. The first-order chi connectivity index (χ1) is 15.6. The van der Waals surface area contributed by atoms with Gasteiger partial charge in [0.15, 0.2) is 0 Å². The fourth-order valence-electron chi connectivity index (χ4n) is 5.45. The number of rotatable bonds is 13. The predicted molar refractivity (Wildman–Crippen MR) is 133 cm³/mol. The van der Waals surface area contributed by atoms with Gasteiger partial charge in [0.25, 0.3) is 0 Å². The zero-order chi connectivity index (χ0) is 22.8. The molecule has 2 nitrogen and oxygen atoms in total. The smallest absolute Gasteiger partial charge is 0.346 e. The van der Waals surface area contributed by atoms with Crippen molar-refractivity contribution in [3.05, 3.63) is 45.8 Å². The minimum atomic E-state index is -0.508. The molecule has 3 rings (SSSR count). The third-order valence-corrected chi connectivity index (χ3v) is 7.48. The molecule has 1 fully saturated rings. The second-order valence-electron chi connectivity index (χ2n) is 10.0. The van der Waals surface area contributed by atoms with Crippen LogP contribution in [-0.4, -0.2) is 0 Å². The van der Waals surface area contributed by atoms with Crippen molar-refractivity contribution < 1.29 is 8.81 Å². The van der Waals surface area contributed by atoms with Crippen LogP contribution < -0.4 is 5.63 Å². The van der Waals surface area contributed by atoms with Crippen molar-refractivity contribution in [1.82, 2.24) is 0 Å². The SMILES string of the molecule is CCCCCCCc1cc2ccc(C3CCC(CCCCCCC)CC3)c(F)c2c(=O)o1. The van der Waals surface area contributed by atoms with Crippen molar-refractivity contribution in [3.8, 4) is 0 Å². The zero-order valence-corrected chi connectivity index (χ0v) is 20.4. The second kappa shape index (κ2) is 13.2. The Bertz CT molecular complexity index is 877. The monoisotopic (exact) mass is 442 g/mol. The van der Waals surface area contributed by atoms with E-state index < -0.39 is 5.63 Å². The lowest BCUT2D eigenvalue weighted by Crippen LogP contribution is -2.15. The van der Waals surface area contributed by atoms with Crippen LogP contribution in [0.15, 0.2) is 27.4 Å². The summed E-state index contributed by atoms with van der Waals surface area (Å²) in [6.07, 6.45) is 19.0. The zero-order valence-electron chi connectivity index (χ0n) is 20.4. The van der Waals surface area contributed by atoms with Gasteiger partial charge in [0.2, 0.25) is 0 Å². The topological polar surface area (TPSA) is 30.2 Å². The number of hydrogen-bond donors (Lipinski definition) is 0. The van der Waals surface area contributed by atoms with E-state index in [-0.39, 0.29) is 17.1 Å². The van der Waals surface area contributed by atoms with E-state index in [1.165, 1.54) is 70.6 Å². The lowest BCUT2D eigenvalue weighted by atomic mass is 9.76. The minimum absolute atomic E-state index is 0.148. The maximum Gasteiger partial charge on any atom is 0.346 e. The van der Waals surface area contributed by atoms with Crippen LogP contribution in [0.4, 0.5) is 4.39 Å². The Hall–Kier alpha value is -1.64. The van der Waals surface area contributed by atoms with E-state index in [1.54, 1.807) is 0 Å². The molecule has 0 saturated heterocycles. The normalized spacial score (nSPS) is 19.0. The van der Waals surface area contributed by atoms with Crippen LogP contribution in [0.25, 0.3) is 10.8 Å². The Morgan fingerprint density at radius 2 is 1.53 bits per heavy atom. The predicted octanol–water partition coefficient (Wildman–Crippen LogP) is 9.08. The number of unbranched alkanes of at least 4 members (excludes halogenated alkanes) is 8. The van der Waals surface area contributed by atoms with Crippen molar-refractivity contribution in [2.45, 2.75) is 122 Å². The van der Waals surface area contributed by atoms with Crippen LogP contribution in [0.1, 0.15) is 127 Å². The van der Waals surface area contributed by atoms with Crippen LogP contribution in [0.3, 0.4) is 0 Å². The van der Waals surface area contributed by atoms with Gasteiger partial charge in [-0.05, 0) is 61.0 Å². The molecular formula is C29H43FO2. The summed E-state index contributed by atoms with van der Waals surface area (Å²) in [7, 11) is 0. The summed E-state index contributed by atoms with van der Waals surface area (Å²) in [6.45, 7) is 4.46. The molecule has 0 bridgehead atoms. The Morgan fingerprint density at radius 1 is 0.875 bits per heavy atom. The van der Waals surface area contributed by atoms with Crippen molar-refractivity contribution in [3.63, 3.8) is 0 Å². The number of aryl methyl sites for hydroxylation is 1. The third kappa shape index (κ3) is 6.93. The molecule has 178 valence electrons. The summed E-state index contributed by atoms with van der Waals surface area (Å²) in [5.74, 6) is 1.37. The first kappa shape index (κ1) is 25.0. The molecule has 1 aliphatic carbocycles. The largest absolute Gasteiger partial charge is 0.427 e. The molecule has 3 heteroatoms. The van der Waals surface area contributed by atoms with Crippen LogP contribution in [0.5, 0.6) is 0 Å². The van der Waals surface area contributed by atoms with Crippen molar-refractivity contribution in [2.75, 3.05) is 0 Å². The van der Waals surface area contributed by atoms with Gasteiger partial charge >= 0.3 is 5.63 Å². The van der Waals surface area contributed by atoms with E-state index in [4.69, 9.17) is 4.42 Å². The summed E-state index contributed by atoms with van der Waals surface area (Å²) in [5.41, 5.74) is 0.213. The summed E-state index contributed by atoms with van der Waals surface area (Å²) < 4.78 is 20.9. The number of benzene rings is 1. The average Bonchev–Trinajstić information content (AvgIpc) is 2.79. The Kier molecular flexibility index (Phi) is 10.3. The van der Waals surface area contributed by atoms with Crippen molar-refractivity contribution in [1.29, 1.82) is 0 Å². The first-order valence-electron chi connectivity index (χ1n) is 13.4. The van der Waals surface area contributed by atoms with Gasteiger partial charge in [-0.15, -0.1) is 0 Å². The molecule has 2 aromatic rings. The quantitative estimate of drug-likeness (QED) is 0.290. The molecule has 1 aromatic heterocycles. The van der Waals surface area contributed by atoms with Gasteiger partial charge in [0.1, 0.15) is 17.0 Å². The Morgan fingerprint density at radius 3 is 2.22 bits per heavy atom. The molecule has 0 radical (unpaired) electrons. The van der Waals surface area contributed by atoms with Gasteiger partial charge in [-0.1, -0.05) is 90.2 Å². The number of halogens is 1. The van der Waals surface area contributed by atoms with Crippen molar-refractivity contribution >= 4 is 10.8 Å². The van der Waals surface area contributed by atoms with Gasteiger partial charge in [-0.25, -0.2) is 9.18 Å². The molecule has 1 heterocycles. The Labute approximate surface area is 194 Å². The van der Waals surface area contributed by atoms with Crippen LogP contribution in [0.2, 0.25) is 0 Å². The van der Waals surface area contributed by atoms with E-state index in [0.29, 0.717) is 11.1 Å².